The first-order chi connectivity index (χ1) is 9.83. The highest BCUT2D eigenvalue weighted by molar-refractivity contribution is 8.08. The first-order valence-corrected chi connectivity index (χ1v) is 8.68. The lowest BCUT2D eigenvalue weighted by Gasteiger charge is -2.07. The van der Waals surface area contributed by atoms with Gasteiger partial charge in [-0.3, -0.25) is 0 Å². The lowest BCUT2D eigenvalue weighted by Crippen LogP contribution is -1.95. The third-order valence-corrected chi connectivity index (χ3v) is 5.41. The largest absolute Gasteiger partial charge is 0.457 e. The second kappa shape index (κ2) is 6.57. The number of thioether (sulfide) groups is 2. The van der Waals surface area contributed by atoms with Crippen LogP contribution in [-0.2, 0) is 6.54 Å². The molecular weight excluding hydrogens is 286 g/mol. The number of ether oxygens (including phenoxy) is 1. The molecule has 4 heteroatoms. The second-order valence-electron chi connectivity index (χ2n) is 4.69. The van der Waals surface area contributed by atoms with Gasteiger partial charge >= 0.3 is 0 Å². The summed E-state index contributed by atoms with van der Waals surface area (Å²) in [6, 6.07) is 16.2. The molecule has 20 heavy (non-hydrogen) atoms. The van der Waals surface area contributed by atoms with Gasteiger partial charge in [0.25, 0.3) is 0 Å². The predicted molar refractivity (Wildman–Crippen MR) is 87.8 cm³/mol. The van der Waals surface area contributed by atoms with E-state index in [9.17, 15) is 0 Å². The summed E-state index contributed by atoms with van der Waals surface area (Å²) in [5, 5.41) is 0.872. The van der Waals surface area contributed by atoms with Crippen molar-refractivity contribution < 1.29 is 4.74 Å². The van der Waals surface area contributed by atoms with Crippen LogP contribution < -0.4 is 10.5 Å². The Labute approximate surface area is 128 Å². The topological polar surface area (TPSA) is 35.2 Å². The molecule has 1 atom stereocenters. The van der Waals surface area contributed by atoms with E-state index >= 15 is 0 Å². The van der Waals surface area contributed by atoms with Crippen LogP contribution in [0.2, 0.25) is 0 Å². The van der Waals surface area contributed by atoms with Crippen molar-refractivity contribution in [3.8, 4) is 11.5 Å². The molecule has 3 rings (SSSR count). The van der Waals surface area contributed by atoms with Crippen molar-refractivity contribution in [2.45, 2.75) is 16.7 Å². The Morgan fingerprint density at radius 3 is 2.20 bits per heavy atom. The highest BCUT2D eigenvalue weighted by Gasteiger charge is 2.21. The van der Waals surface area contributed by atoms with E-state index in [1.807, 2.05) is 59.9 Å². The average molecular weight is 303 g/mol. The van der Waals surface area contributed by atoms with Crippen LogP contribution in [-0.4, -0.2) is 16.8 Å². The van der Waals surface area contributed by atoms with Gasteiger partial charge < -0.3 is 10.5 Å². The van der Waals surface area contributed by atoms with Gasteiger partial charge in [0.1, 0.15) is 11.5 Å². The van der Waals surface area contributed by atoms with E-state index in [2.05, 4.69) is 12.1 Å². The minimum absolute atomic E-state index is 0.561. The minimum atomic E-state index is 0.561. The summed E-state index contributed by atoms with van der Waals surface area (Å²) in [6.07, 6.45) is 0. The molecule has 1 unspecified atom stereocenters. The molecule has 104 valence electrons. The molecule has 2 N–H and O–H groups in total. The molecule has 2 aromatic carbocycles. The maximum Gasteiger partial charge on any atom is 0.127 e. The van der Waals surface area contributed by atoms with Crippen LogP contribution in [0.4, 0.5) is 0 Å². The van der Waals surface area contributed by atoms with Crippen molar-refractivity contribution in [1.82, 2.24) is 0 Å². The van der Waals surface area contributed by atoms with Crippen molar-refractivity contribution in [1.29, 1.82) is 0 Å². The SMILES string of the molecule is NCc1ccc(Oc2ccc(SCC3CS3)cc2)cc1. The van der Waals surface area contributed by atoms with E-state index in [-0.39, 0.29) is 0 Å². The van der Waals surface area contributed by atoms with E-state index in [4.69, 9.17) is 10.5 Å². The molecule has 0 bridgehead atoms. The number of nitrogens with two attached hydrogens (primary N) is 1. The van der Waals surface area contributed by atoms with Crippen LogP contribution in [0.3, 0.4) is 0 Å². The summed E-state index contributed by atoms with van der Waals surface area (Å²) in [6.45, 7) is 0.561. The molecule has 1 aliphatic rings. The van der Waals surface area contributed by atoms with Crippen molar-refractivity contribution in [2.75, 3.05) is 11.5 Å². The van der Waals surface area contributed by atoms with E-state index in [0.717, 1.165) is 22.3 Å². The van der Waals surface area contributed by atoms with Crippen molar-refractivity contribution in [2.24, 2.45) is 5.73 Å². The number of hydrogen-bond acceptors (Lipinski definition) is 4. The Hall–Kier alpha value is -1.10. The summed E-state index contributed by atoms with van der Waals surface area (Å²) >= 11 is 3.96. The number of rotatable bonds is 6. The van der Waals surface area contributed by atoms with E-state index < -0.39 is 0 Å². The van der Waals surface area contributed by atoms with Gasteiger partial charge in [0.2, 0.25) is 0 Å². The first kappa shape index (κ1) is 13.9. The van der Waals surface area contributed by atoms with Crippen LogP contribution >= 0.6 is 23.5 Å². The molecular formula is C16H17NOS2. The van der Waals surface area contributed by atoms with Crippen molar-refractivity contribution in [3.63, 3.8) is 0 Å². The lowest BCUT2D eigenvalue weighted by atomic mass is 10.2. The molecule has 1 heterocycles. The third kappa shape index (κ3) is 3.95. The average Bonchev–Trinajstić information content (AvgIpc) is 3.32. The molecule has 0 saturated carbocycles. The molecule has 0 spiro atoms. The van der Waals surface area contributed by atoms with Crippen LogP contribution in [0, 0.1) is 0 Å². The second-order valence-corrected chi connectivity index (χ2v) is 7.11. The van der Waals surface area contributed by atoms with Crippen LogP contribution in [0.5, 0.6) is 11.5 Å². The van der Waals surface area contributed by atoms with Crippen molar-refractivity contribution >= 4 is 23.5 Å². The summed E-state index contributed by atoms with van der Waals surface area (Å²) < 4.78 is 5.82. The van der Waals surface area contributed by atoms with Gasteiger partial charge in [0.05, 0.1) is 0 Å². The zero-order chi connectivity index (χ0) is 13.8. The summed E-state index contributed by atoms with van der Waals surface area (Å²) in [4.78, 5) is 1.31. The van der Waals surface area contributed by atoms with Crippen LogP contribution in [0.1, 0.15) is 5.56 Å². The maximum absolute atomic E-state index is 5.82. The zero-order valence-corrected chi connectivity index (χ0v) is 12.8. The molecule has 0 aromatic heterocycles. The molecule has 2 aromatic rings. The van der Waals surface area contributed by atoms with E-state index in [0.29, 0.717) is 6.54 Å². The van der Waals surface area contributed by atoms with Crippen LogP contribution in [0.15, 0.2) is 53.4 Å². The zero-order valence-electron chi connectivity index (χ0n) is 11.1. The quantitative estimate of drug-likeness (QED) is 0.642. The summed E-state index contributed by atoms with van der Waals surface area (Å²) in [5.41, 5.74) is 6.69. The molecule has 1 saturated heterocycles. The monoisotopic (exact) mass is 303 g/mol. The fourth-order valence-electron chi connectivity index (χ4n) is 1.79. The molecule has 0 radical (unpaired) electrons. The van der Waals surface area contributed by atoms with Gasteiger partial charge in [0.15, 0.2) is 0 Å². The number of hydrogen-bond donors (Lipinski definition) is 1. The van der Waals surface area contributed by atoms with Gasteiger partial charge in [-0.25, -0.2) is 0 Å². The fraction of sp³-hybridized carbons (Fsp3) is 0.250. The standard InChI is InChI=1S/C16H17NOS2/c17-9-12-1-3-13(4-2-12)18-14-5-7-15(8-6-14)19-10-16-11-20-16/h1-8,16H,9-11,17H2. The van der Waals surface area contributed by atoms with Gasteiger partial charge in [-0.1, -0.05) is 12.1 Å². The fourth-order valence-corrected chi connectivity index (χ4v) is 3.60. The van der Waals surface area contributed by atoms with Gasteiger partial charge in [0, 0.05) is 28.2 Å². The Morgan fingerprint density at radius 2 is 1.65 bits per heavy atom. The Morgan fingerprint density at radius 1 is 1.05 bits per heavy atom. The van der Waals surface area contributed by atoms with Crippen LogP contribution in [0.25, 0.3) is 0 Å². The molecule has 1 fully saturated rings. The predicted octanol–water partition coefficient (Wildman–Crippen LogP) is 4.15. The normalized spacial score (nSPS) is 16.9. The molecule has 0 amide bonds. The molecule has 0 aliphatic carbocycles. The van der Waals surface area contributed by atoms with Gasteiger partial charge in [-0.05, 0) is 42.0 Å². The van der Waals surface area contributed by atoms with Crippen molar-refractivity contribution in [3.05, 3.63) is 54.1 Å². The summed E-state index contributed by atoms with van der Waals surface area (Å²) in [7, 11) is 0. The molecule has 2 nitrogen and oxygen atoms in total. The van der Waals surface area contributed by atoms with Gasteiger partial charge in [-0.15, -0.1) is 11.8 Å². The van der Waals surface area contributed by atoms with Gasteiger partial charge in [-0.2, -0.15) is 11.8 Å². The third-order valence-electron chi connectivity index (χ3n) is 3.06. The Bertz CT molecular complexity index is 550. The lowest BCUT2D eigenvalue weighted by molar-refractivity contribution is 0.482. The smallest absolute Gasteiger partial charge is 0.127 e. The number of benzene rings is 2. The Balaban J connectivity index is 1.58. The van der Waals surface area contributed by atoms with E-state index in [1.165, 1.54) is 16.4 Å². The minimum Gasteiger partial charge on any atom is -0.457 e. The molecule has 1 aliphatic heterocycles. The Kier molecular flexibility index (Phi) is 4.55. The maximum atomic E-state index is 5.82. The summed E-state index contributed by atoms with van der Waals surface area (Å²) in [5.74, 6) is 4.26. The highest BCUT2D eigenvalue weighted by Crippen LogP contribution is 2.35. The van der Waals surface area contributed by atoms with E-state index in [1.54, 1.807) is 0 Å². The first-order valence-electron chi connectivity index (χ1n) is 6.65. The highest BCUT2D eigenvalue weighted by atomic mass is 32.2.